The fourth-order valence-electron chi connectivity index (χ4n) is 1.61. The van der Waals surface area contributed by atoms with Crippen molar-refractivity contribution < 1.29 is 14.3 Å². The first-order chi connectivity index (χ1) is 8.70. The molecule has 1 heterocycles. The molecule has 2 rings (SSSR count). The number of anilines is 1. The number of amides is 1. The van der Waals surface area contributed by atoms with Crippen LogP contribution in [0.5, 0.6) is 11.5 Å². The van der Waals surface area contributed by atoms with Gasteiger partial charge in [0.1, 0.15) is 13.2 Å². The molecule has 0 aromatic heterocycles. The van der Waals surface area contributed by atoms with Crippen molar-refractivity contribution in [2.24, 2.45) is 0 Å². The molecule has 0 fully saturated rings. The molecule has 2 N–H and O–H groups in total. The van der Waals surface area contributed by atoms with E-state index in [4.69, 9.17) is 21.1 Å². The summed E-state index contributed by atoms with van der Waals surface area (Å²) in [5.74, 6) is 1.12. The van der Waals surface area contributed by atoms with Gasteiger partial charge in [-0.2, -0.15) is 0 Å². The summed E-state index contributed by atoms with van der Waals surface area (Å²) in [6.45, 7) is 1.63. The van der Waals surface area contributed by atoms with E-state index in [1.165, 1.54) is 0 Å². The Kier molecular flexibility index (Phi) is 4.28. The van der Waals surface area contributed by atoms with E-state index in [9.17, 15) is 4.79 Å². The van der Waals surface area contributed by atoms with Crippen LogP contribution in [-0.2, 0) is 4.79 Å². The van der Waals surface area contributed by atoms with Gasteiger partial charge in [0.15, 0.2) is 11.5 Å². The molecule has 6 heteroatoms. The maximum Gasteiger partial charge on any atom is 0.225 e. The lowest BCUT2D eigenvalue weighted by Gasteiger charge is -2.20. The minimum atomic E-state index is -0.0945. The molecule has 1 aliphatic heterocycles. The summed E-state index contributed by atoms with van der Waals surface area (Å²) in [5.41, 5.74) is 0.544. The SMILES string of the molecule is CNCCC(=O)Nc1cc2c(cc1Cl)OCCO2. The van der Waals surface area contributed by atoms with Gasteiger partial charge < -0.3 is 20.1 Å². The number of fused-ring (bicyclic) bond motifs is 1. The molecule has 98 valence electrons. The molecule has 0 radical (unpaired) electrons. The highest BCUT2D eigenvalue weighted by atomic mass is 35.5. The van der Waals surface area contributed by atoms with Crippen LogP contribution in [0, 0.1) is 0 Å². The standard InChI is InChI=1S/C12H15ClN2O3/c1-14-3-2-12(16)15-9-7-11-10(6-8(9)13)17-4-5-18-11/h6-7,14H,2-5H2,1H3,(H,15,16). The number of rotatable bonds is 4. The van der Waals surface area contributed by atoms with Crippen LogP contribution in [0.15, 0.2) is 12.1 Å². The number of halogens is 1. The first-order valence-corrected chi connectivity index (χ1v) is 6.12. The Morgan fingerprint density at radius 2 is 2.00 bits per heavy atom. The molecule has 0 unspecified atom stereocenters. The molecule has 0 bridgehead atoms. The zero-order chi connectivity index (χ0) is 13.0. The highest BCUT2D eigenvalue weighted by Crippen LogP contribution is 2.37. The number of hydrogen-bond donors (Lipinski definition) is 2. The van der Waals surface area contributed by atoms with Crippen LogP contribution in [0.2, 0.25) is 5.02 Å². The van der Waals surface area contributed by atoms with Crippen molar-refractivity contribution in [2.45, 2.75) is 6.42 Å². The average Bonchev–Trinajstić information content (AvgIpc) is 2.37. The van der Waals surface area contributed by atoms with Crippen LogP contribution in [0.25, 0.3) is 0 Å². The van der Waals surface area contributed by atoms with Crippen LogP contribution < -0.4 is 20.1 Å². The van der Waals surface area contributed by atoms with Gasteiger partial charge >= 0.3 is 0 Å². The van der Waals surface area contributed by atoms with Gasteiger partial charge in [-0.15, -0.1) is 0 Å². The quantitative estimate of drug-likeness (QED) is 0.874. The van der Waals surface area contributed by atoms with Crippen molar-refractivity contribution in [3.8, 4) is 11.5 Å². The molecular formula is C12H15ClN2O3. The molecule has 5 nitrogen and oxygen atoms in total. The summed E-state index contributed by atoms with van der Waals surface area (Å²) in [7, 11) is 1.80. The van der Waals surface area contributed by atoms with Gasteiger partial charge in [0.25, 0.3) is 0 Å². The van der Waals surface area contributed by atoms with Crippen molar-refractivity contribution in [1.29, 1.82) is 0 Å². The van der Waals surface area contributed by atoms with Gasteiger partial charge in [-0.1, -0.05) is 11.6 Å². The number of carbonyl (C=O) groups excluding carboxylic acids is 1. The molecule has 1 amide bonds. The molecule has 0 saturated carbocycles. The van der Waals surface area contributed by atoms with E-state index in [2.05, 4.69) is 10.6 Å². The van der Waals surface area contributed by atoms with Crippen LogP contribution in [0.4, 0.5) is 5.69 Å². The maximum atomic E-state index is 11.6. The third-order valence-electron chi connectivity index (χ3n) is 2.51. The predicted molar refractivity (Wildman–Crippen MR) is 69.6 cm³/mol. The number of nitrogens with one attached hydrogen (secondary N) is 2. The minimum Gasteiger partial charge on any atom is -0.486 e. The Balaban J connectivity index is 2.10. The summed E-state index contributed by atoms with van der Waals surface area (Å²) in [6, 6.07) is 3.35. The van der Waals surface area contributed by atoms with Crippen molar-refractivity contribution >= 4 is 23.2 Å². The summed E-state index contributed by atoms with van der Waals surface area (Å²) < 4.78 is 10.8. The van der Waals surface area contributed by atoms with Crippen molar-refractivity contribution in [2.75, 3.05) is 32.1 Å². The Bertz CT molecular complexity index is 451. The van der Waals surface area contributed by atoms with E-state index < -0.39 is 0 Å². The van der Waals surface area contributed by atoms with Gasteiger partial charge in [0, 0.05) is 25.1 Å². The monoisotopic (exact) mass is 270 g/mol. The van der Waals surface area contributed by atoms with Gasteiger partial charge in [0.05, 0.1) is 10.7 Å². The average molecular weight is 271 g/mol. The summed E-state index contributed by atoms with van der Waals surface area (Å²) in [4.78, 5) is 11.6. The van der Waals surface area contributed by atoms with Crippen molar-refractivity contribution in [3.05, 3.63) is 17.2 Å². The number of hydrogen-bond acceptors (Lipinski definition) is 4. The molecule has 0 atom stereocenters. The second kappa shape index (κ2) is 5.93. The zero-order valence-corrected chi connectivity index (χ0v) is 10.8. The van der Waals surface area contributed by atoms with Crippen LogP contribution >= 0.6 is 11.6 Å². The van der Waals surface area contributed by atoms with E-state index >= 15 is 0 Å². The van der Waals surface area contributed by atoms with Gasteiger partial charge in [-0.25, -0.2) is 0 Å². The third kappa shape index (κ3) is 3.05. The predicted octanol–water partition coefficient (Wildman–Crippen LogP) is 1.66. The van der Waals surface area contributed by atoms with E-state index in [-0.39, 0.29) is 5.91 Å². The lowest BCUT2D eigenvalue weighted by atomic mass is 10.2. The van der Waals surface area contributed by atoms with E-state index in [1.54, 1.807) is 19.2 Å². The van der Waals surface area contributed by atoms with Gasteiger partial charge in [0.2, 0.25) is 5.91 Å². The van der Waals surface area contributed by atoms with Crippen LogP contribution in [0.3, 0.4) is 0 Å². The second-order valence-corrected chi connectivity index (χ2v) is 4.28. The maximum absolute atomic E-state index is 11.6. The Labute approximate surface area is 110 Å². The number of ether oxygens (including phenoxy) is 2. The molecule has 0 aliphatic carbocycles. The van der Waals surface area contributed by atoms with Crippen LogP contribution in [-0.4, -0.2) is 32.7 Å². The van der Waals surface area contributed by atoms with E-state index in [0.717, 1.165) is 0 Å². The molecule has 1 aromatic carbocycles. The third-order valence-corrected chi connectivity index (χ3v) is 2.82. The second-order valence-electron chi connectivity index (χ2n) is 3.88. The molecule has 0 spiro atoms. The number of benzene rings is 1. The summed E-state index contributed by atoms with van der Waals surface area (Å²) in [6.07, 6.45) is 0.390. The van der Waals surface area contributed by atoms with E-state index in [0.29, 0.717) is 48.4 Å². The molecular weight excluding hydrogens is 256 g/mol. The zero-order valence-electron chi connectivity index (χ0n) is 10.1. The fraction of sp³-hybridized carbons (Fsp3) is 0.417. The molecule has 0 saturated heterocycles. The first-order valence-electron chi connectivity index (χ1n) is 5.74. The lowest BCUT2D eigenvalue weighted by molar-refractivity contribution is -0.116. The Morgan fingerprint density at radius 1 is 1.33 bits per heavy atom. The molecule has 18 heavy (non-hydrogen) atoms. The van der Waals surface area contributed by atoms with Crippen LogP contribution in [0.1, 0.15) is 6.42 Å². The highest BCUT2D eigenvalue weighted by Gasteiger charge is 2.16. The van der Waals surface area contributed by atoms with Gasteiger partial charge in [-0.3, -0.25) is 4.79 Å². The largest absolute Gasteiger partial charge is 0.486 e. The topological polar surface area (TPSA) is 59.6 Å². The Morgan fingerprint density at radius 3 is 2.67 bits per heavy atom. The summed E-state index contributed by atoms with van der Waals surface area (Å²) >= 11 is 6.07. The van der Waals surface area contributed by atoms with Crippen molar-refractivity contribution in [1.82, 2.24) is 5.32 Å². The molecule has 1 aliphatic rings. The van der Waals surface area contributed by atoms with E-state index in [1.807, 2.05) is 0 Å². The Hall–Kier alpha value is -1.46. The first kappa shape index (κ1) is 13.0. The lowest BCUT2D eigenvalue weighted by Crippen LogP contribution is -2.19. The smallest absolute Gasteiger partial charge is 0.225 e. The molecule has 1 aromatic rings. The normalized spacial score (nSPS) is 13.2. The van der Waals surface area contributed by atoms with Gasteiger partial charge in [-0.05, 0) is 7.05 Å². The summed E-state index contributed by atoms with van der Waals surface area (Å²) in [5, 5.41) is 6.10. The highest BCUT2D eigenvalue weighted by molar-refractivity contribution is 6.34. The number of carbonyl (C=O) groups is 1. The van der Waals surface area contributed by atoms with Crippen molar-refractivity contribution in [3.63, 3.8) is 0 Å². The minimum absolute atomic E-state index is 0.0945. The fourth-order valence-corrected chi connectivity index (χ4v) is 1.81.